The number of phenols is 4. The number of carbonyl (C=O) groups is 9. The quantitative estimate of drug-likeness (QED) is 0.0144. The van der Waals surface area contributed by atoms with E-state index in [2.05, 4.69) is 13.8 Å². The van der Waals surface area contributed by atoms with E-state index in [9.17, 15) is 73.8 Å². The molecule has 0 bridgehead atoms. The number of hydrogen-bond acceptors (Lipinski definition) is 22. The number of aliphatic hydroxyl groups excluding tert-OH is 2. The van der Waals surface area contributed by atoms with Crippen LogP contribution in [0, 0.1) is 0 Å². The first-order valence-corrected chi connectivity index (χ1v) is 35.5. The average Bonchev–Trinajstić information content (AvgIpc) is 1.52. The predicted molar refractivity (Wildman–Crippen MR) is 401 cm³/mol. The lowest BCUT2D eigenvalue weighted by Crippen LogP contribution is -2.18. The van der Waals surface area contributed by atoms with Crippen molar-refractivity contribution in [1.29, 1.82) is 0 Å². The van der Waals surface area contributed by atoms with Crippen molar-refractivity contribution in [3.8, 4) is 34.5 Å². The number of ketones is 7. The third-order valence-electron chi connectivity index (χ3n) is 18.4. The Balaban J connectivity index is 0.000000139. The van der Waals surface area contributed by atoms with Crippen molar-refractivity contribution in [2.24, 2.45) is 0 Å². The average molecular weight is 1460 g/mol. The van der Waals surface area contributed by atoms with Gasteiger partial charge in [0.05, 0.1) is 27.3 Å². The minimum absolute atomic E-state index is 0.00894. The van der Waals surface area contributed by atoms with Crippen molar-refractivity contribution in [3.05, 3.63) is 225 Å². The van der Waals surface area contributed by atoms with Crippen LogP contribution < -0.4 is 9.47 Å². The number of benzene rings is 8. The zero-order valence-corrected chi connectivity index (χ0v) is 60.3. The van der Waals surface area contributed by atoms with Gasteiger partial charge in [-0.2, -0.15) is 0 Å². The topological polar surface area (TPSA) is 359 Å². The molecule has 22 heteroatoms. The standard InChI is InChI=1S/C30H38O6.C14H12O4.2C14H10O4.C14H8O4/c1-4-6-8-10-12-18-26(32)35-28-22-16-14-15-17-23(22)29(30-24(28)20-25(34-30)21(3)31)36-27(33)19-13-11-9-7-5-2;4*1-7(15)11-6-10-12(16)8-4-2-3-5-9(8)13(17)14(10)18-11/h14-17,20H,4-13,18-19H2,1-3H3;2-7,15-17H,1H3;2-6,16-17H,1H3;2-7,15H,1H3;2-6H,1H3. The van der Waals surface area contributed by atoms with Gasteiger partial charge in [-0.1, -0.05) is 187 Å². The number of rotatable bonds is 19. The lowest BCUT2D eigenvalue weighted by Gasteiger charge is -2.13. The van der Waals surface area contributed by atoms with E-state index in [0.29, 0.717) is 95.1 Å². The highest BCUT2D eigenvalue weighted by atomic mass is 16.5. The third-order valence-corrected chi connectivity index (χ3v) is 18.4. The number of hydrogen-bond donors (Lipinski definition) is 6. The van der Waals surface area contributed by atoms with Crippen LogP contribution in [0.3, 0.4) is 0 Å². The molecule has 2 aliphatic carbocycles. The fourth-order valence-electron chi connectivity index (χ4n) is 12.7. The van der Waals surface area contributed by atoms with Gasteiger partial charge in [-0.25, -0.2) is 0 Å². The Labute approximate surface area is 617 Å². The highest BCUT2D eigenvalue weighted by Gasteiger charge is 2.36. The number of phenolic OH excluding ortho intramolecular Hbond substituents is 4. The van der Waals surface area contributed by atoms with Crippen molar-refractivity contribution in [1.82, 2.24) is 0 Å². The first-order valence-electron chi connectivity index (χ1n) is 35.5. The van der Waals surface area contributed by atoms with Crippen LogP contribution in [0.15, 0.2) is 174 Å². The van der Waals surface area contributed by atoms with Gasteiger partial charge >= 0.3 is 11.9 Å². The van der Waals surface area contributed by atoms with Crippen LogP contribution in [-0.4, -0.2) is 83.1 Å². The Bertz CT molecular complexity index is 5370. The molecule has 0 fully saturated rings. The monoisotopic (exact) mass is 1460 g/mol. The van der Waals surface area contributed by atoms with Gasteiger partial charge in [-0.3, -0.25) is 43.2 Å². The van der Waals surface area contributed by atoms with Crippen molar-refractivity contribution < 1.29 is 105 Å². The summed E-state index contributed by atoms with van der Waals surface area (Å²) in [6.45, 7) is 11.5. The van der Waals surface area contributed by atoms with Crippen LogP contribution >= 0.6 is 0 Å². The molecule has 0 amide bonds. The van der Waals surface area contributed by atoms with E-state index in [1.807, 2.05) is 18.2 Å². The summed E-state index contributed by atoms with van der Waals surface area (Å²) in [5.41, 5.74) is 2.38. The molecule has 5 aromatic heterocycles. The molecular formula is C86H78O22. The molecule has 2 unspecified atom stereocenters. The van der Waals surface area contributed by atoms with Gasteiger partial charge in [-0.15, -0.1) is 0 Å². The summed E-state index contributed by atoms with van der Waals surface area (Å²) in [5, 5.41) is 64.0. The molecule has 2 atom stereocenters. The molecule has 554 valence electrons. The molecular weight excluding hydrogens is 1380 g/mol. The van der Waals surface area contributed by atoms with Gasteiger partial charge in [0.1, 0.15) is 41.0 Å². The highest BCUT2D eigenvalue weighted by Crippen LogP contribution is 2.47. The fourth-order valence-corrected chi connectivity index (χ4v) is 12.7. The van der Waals surface area contributed by atoms with E-state index in [0.717, 1.165) is 64.2 Å². The first kappa shape index (κ1) is 76.6. The normalized spacial score (nSPS) is 12.5. The summed E-state index contributed by atoms with van der Waals surface area (Å²) in [6, 6.07) is 41.7. The van der Waals surface area contributed by atoms with Crippen molar-refractivity contribution in [3.63, 3.8) is 0 Å². The summed E-state index contributed by atoms with van der Waals surface area (Å²) in [5.74, 6) is -1.35. The molecule has 108 heavy (non-hydrogen) atoms. The van der Waals surface area contributed by atoms with E-state index in [1.165, 1.54) is 45.9 Å². The minimum atomic E-state index is -0.848. The Morgan fingerprint density at radius 2 is 0.685 bits per heavy atom. The molecule has 5 heterocycles. The van der Waals surface area contributed by atoms with Crippen LogP contribution in [0.5, 0.6) is 34.5 Å². The van der Waals surface area contributed by atoms with Gasteiger partial charge in [0.15, 0.2) is 91.7 Å². The zero-order valence-electron chi connectivity index (χ0n) is 60.3. The van der Waals surface area contributed by atoms with Gasteiger partial charge in [0.25, 0.3) is 0 Å². The number of aromatic hydroxyl groups is 4. The number of furan rings is 5. The van der Waals surface area contributed by atoms with E-state index >= 15 is 0 Å². The van der Waals surface area contributed by atoms with E-state index < -0.39 is 12.2 Å². The molecule has 22 nitrogen and oxygen atoms in total. The Kier molecular flexibility index (Phi) is 23.6. The molecule has 8 aromatic carbocycles. The molecule has 0 aliphatic heterocycles. The number of aliphatic hydroxyl groups is 2. The zero-order chi connectivity index (χ0) is 77.4. The van der Waals surface area contributed by atoms with Crippen LogP contribution in [0.25, 0.3) is 65.2 Å². The lowest BCUT2D eigenvalue weighted by molar-refractivity contribution is -0.135. The van der Waals surface area contributed by atoms with Gasteiger partial charge in [-0.05, 0) is 57.0 Å². The predicted octanol–water partition coefficient (Wildman–Crippen LogP) is 18.9. The molecule has 0 saturated carbocycles. The maximum atomic E-state index is 12.7. The van der Waals surface area contributed by atoms with E-state index in [1.54, 1.807) is 122 Å². The number of unbranched alkanes of at least 4 members (excludes halogenated alkanes) is 8. The van der Waals surface area contributed by atoms with E-state index in [-0.39, 0.29) is 144 Å². The number of fused-ring (bicyclic) bond motifs is 10. The summed E-state index contributed by atoms with van der Waals surface area (Å²) < 4.78 is 38.7. The Morgan fingerprint density at radius 3 is 1.14 bits per heavy atom. The SMILES string of the molecule is CC(=O)c1cc2c(O)c3ccccc3c(O)c2o1.CC(=O)c1cc2c(o1)C(=O)c1ccccc1C2=O.CC(O)c1cc2c(O)c3ccccc3c(O)c2o1.CC(O)c1cc2c(o1)C(=O)c1ccccc1C2=O.CCCCCCCC(=O)Oc1c2ccccc2c(OC(=O)CCCCCCC)c2oc(C(C)=O)cc12. The minimum Gasteiger partial charge on any atom is -0.507 e. The second kappa shape index (κ2) is 33.3. The number of Topliss-reactive ketones (excluding diaryl/α,β-unsaturated/α-hetero) is 3. The lowest BCUT2D eigenvalue weighted by atomic mass is 9.88. The first-order chi connectivity index (χ1) is 51.8. The molecule has 13 aromatic rings. The van der Waals surface area contributed by atoms with E-state index in [4.69, 9.17) is 31.6 Å². The largest absolute Gasteiger partial charge is 0.507 e. The molecule has 6 N–H and O–H groups in total. The third kappa shape index (κ3) is 15.9. The summed E-state index contributed by atoms with van der Waals surface area (Å²) in [7, 11) is 0. The second-order valence-electron chi connectivity index (χ2n) is 26.2. The van der Waals surface area contributed by atoms with Gasteiger partial charge in [0.2, 0.25) is 11.6 Å². The number of ether oxygens (including phenoxy) is 2. The van der Waals surface area contributed by atoms with Crippen LogP contribution in [0.2, 0.25) is 0 Å². The fraction of sp³-hybridized carbons (Fsp3) is 0.244. The number of carbonyl (C=O) groups excluding carboxylic acids is 9. The van der Waals surface area contributed by atoms with Crippen LogP contribution in [0.4, 0.5) is 0 Å². The summed E-state index contributed by atoms with van der Waals surface area (Å²) in [4.78, 5) is 109. The van der Waals surface area contributed by atoms with Gasteiger partial charge < -0.3 is 62.2 Å². The molecule has 2 aliphatic rings. The van der Waals surface area contributed by atoms with Crippen LogP contribution in [-0.2, 0) is 9.59 Å². The Hall–Kier alpha value is -12.5. The van der Waals surface area contributed by atoms with Crippen molar-refractivity contribution in [2.75, 3.05) is 0 Å². The van der Waals surface area contributed by atoms with Crippen LogP contribution in [0.1, 0.15) is 245 Å². The van der Waals surface area contributed by atoms with Crippen molar-refractivity contribution >= 4 is 118 Å². The maximum absolute atomic E-state index is 12.7. The Morgan fingerprint density at radius 1 is 0.343 bits per heavy atom. The summed E-state index contributed by atoms with van der Waals surface area (Å²) >= 11 is 0. The van der Waals surface area contributed by atoms with Gasteiger partial charge in [0, 0.05) is 88.2 Å². The number of esters is 2. The second-order valence-corrected chi connectivity index (χ2v) is 26.2. The highest BCUT2D eigenvalue weighted by molar-refractivity contribution is 6.29. The van der Waals surface area contributed by atoms with Crippen molar-refractivity contribution in [2.45, 2.75) is 138 Å². The molecule has 0 saturated heterocycles. The maximum Gasteiger partial charge on any atom is 0.311 e. The smallest absolute Gasteiger partial charge is 0.311 e. The molecule has 0 spiro atoms. The summed E-state index contributed by atoms with van der Waals surface area (Å²) in [6.07, 6.45) is 9.22. The molecule has 15 rings (SSSR count). The molecule has 0 radical (unpaired) electrons.